The lowest BCUT2D eigenvalue weighted by Gasteiger charge is -2.54. The van der Waals surface area contributed by atoms with Crippen molar-refractivity contribution in [2.45, 2.75) is 38.8 Å². The summed E-state index contributed by atoms with van der Waals surface area (Å²) in [6, 6.07) is 0. The van der Waals surface area contributed by atoms with Crippen molar-refractivity contribution in [3.8, 4) is 0 Å². The Morgan fingerprint density at radius 1 is 1.00 bits per heavy atom. The third-order valence-corrected chi connectivity index (χ3v) is 2.62. The average Bonchev–Trinajstić information content (AvgIpc) is 1.61. The second kappa shape index (κ2) is 1.51. The molecule has 1 rings (SSSR count). The van der Waals surface area contributed by atoms with Crippen LogP contribution in [0.15, 0.2) is 0 Å². The first-order valence-corrected chi connectivity index (χ1v) is 3.27. The van der Waals surface area contributed by atoms with Crippen molar-refractivity contribution < 1.29 is 13.2 Å². The zero-order valence-electron chi connectivity index (χ0n) is 6.34. The Labute approximate surface area is 58.4 Å². The van der Waals surface area contributed by atoms with E-state index in [0.29, 0.717) is 0 Å². The van der Waals surface area contributed by atoms with Gasteiger partial charge in [-0.15, -0.1) is 0 Å². The lowest BCUT2D eigenvalue weighted by atomic mass is 9.58. The lowest BCUT2D eigenvalue weighted by molar-refractivity contribution is -0.278. The molecule has 1 aliphatic rings. The van der Waals surface area contributed by atoms with Crippen LogP contribution in [0.1, 0.15) is 27.2 Å². The van der Waals surface area contributed by atoms with Crippen LogP contribution in [0.2, 0.25) is 0 Å². The van der Waals surface area contributed by atoms with E-state index in [0.717, 1.165) is 6.92 Å². The summed E-state index contributed by atoms with van der Waals surface area (Å²) < 4.78 is 37.9. The zero-order valence-corrected chi connectivity index (χ0v) is 6.34. The molecule has 0 aromatic carbocycles. The standard InChI is InChI=1S/C7H11F3/c1-5(2)4-7(9,10)6(5,3)8/h4H2,1-3H3. The molecule has 0 amide bonds. The van der Waals surface area contributed by atoms with Crippen LogP contribution in [0.25, 0.3) is 0 Å². The van der Waals surface area contributed by atoms with E-state index in [9.17, 15) is 13.2 Å². The number of rotatable bonds is 0. The van der Waals surface area contributed by atoms with Gasteiger partial charge in [-0.05, 0) is 6.92 Å². The normalized spacial score (nSPS) is 42.6. The quantitative estimate of drug-likeness (QED) is 0.500. The molecule has 1 saturated carbocycles. The Hall–Kier alpha value is -0.210. The molecule has 0 bridgehead atoms. The molecule has 1 unspecified atom stereocenters. The lowest BCUT2D eigenvalue weighted by Crippen LogP contribution is -2.64. The summed E-state index contributed by atoms with van der Waals surface area (Å²) in [5.74, 6) is -3.11. The molecule has 0 spiro atoms. The predicted octanol–water partition coefficient (Wildman–Crippen LogP) is 2.78. The maximum absolute atomic E-state index is 13.0. The first-order valence-electron chi connectivity index (χ1n) is 3.27. The molecule has 0 N–H and O–H groups in total. The molecule has 0 nitrogen and oxygen atoms in total. The largest absolute Gasteiger partial charge is 0.282 e. The molecule has 0 aliphatic heterocycles. The van der Waals surface area contributed by atoms with Gasteiger partial charge < -0.3 is 0 Å². The van der Waals surface area contributed by atoms with E-state index in [4.69, 9.17) is 0 Å². The third kappa shape index (κ3) is 0.635. The van der Waals surface area contributed by atoms with Crippen molar-refractivity contribution in [2.75, 3.05) is 0 Å². The van der Waals surface area contributed by atoms with Crippen LogP contribution >= 0.6 is 0 Å². The topological polar surface area (TPSA) is 0 Å². The fraction of sp³-hybridized carbons (Fsp3) is 1.00. The second-order valence-corrected chi connectivity index (χ2v) is 3.77. The van der Waals surface area contributed by atoms with Gasteiger partial charge in [0.2, 0.25) is 0 Å². The minimum absolute atomic E-state index is 0.340. The maximum atomic E-state index is 13.0. The van der Waals surface area contributed by atoms with Crippen LogP contribution < -0.4 is 0 Å². The van der Waals surface area contributed by atoms with Gasteiger partial charge in [-0.3, -0.25) is 0 Å². The van der Waals surface area contributed by atoms with Crippen molar-refractivity contribution in [1.82, 2.24) is 0 Å². The van der Waals surface area contributed by atoms with Gasteiger partial charge in [-0.1, -0.05) is 13.8 Å². The van der Waals surface area contributed by atoms with Crippen LogP contribution in [0.3, 0.4) is 0 Å². The molecule has 3 heteroatoms. The summed E-state index contributed by atoms with van der Waals surface area (Å²) in [5, 5.41) is 0. The van der Waals surface area contributed by atoms with Gasteiger partial charge in [-0.25, -0.2) is 13.2 Å². The van der Waals surface area contributed by atoms with Crippen molar-refractivity contribution in [3.63, 3.8) is 0 Å². The summed E-state index contributed by atoms with van der Waals surface area (Å²) in [6.45, 7) is 4.01. The first-order chi connectivity index (χ1) is 4.21. The van der Waals surface area contributed by atoms with Crippen LogP contribution in [0.4, 0.5) is 13.2 Å². The highest BCUT2D eigenvalue weighted by Gasteiger charge is 2.71. The van der Waals surface area contributed by atoms with Gasteiger partial charge in [0, 0.05) is 11.8 Å². The fourth-order valence-electron chi connectivity index (χ4n) is 1.28. The summed E-state index contributed by atoms with van der Waals surface area (Å²) in [7, 11) is 0. The summed E-state index contributed by atoms with van der Waals surface area (Å²) in [6.07, 6.45) is -0.340. The molecule has 10 heavy (non-hydrogen) atoms. The van der Waals surface area contributed by atoms with Crippen molar-refractivity contribution in [2.24, 2.45) is 5.41 Å². The number of halogens is 3. The Kier molecular flexibility index (Phi) is 1.19. The third-order valence-electron chi connectivity index (χ3n) is 2.62. The Bertz CT molecular complexity index is 142. The van der Waals surface area contributed by atoms with E-state index in [1.165, 1.54) is 13.8 Å². The molecule has 1 fully saturated rings. The fourth-order valence-corrected chi connectivity index (χ4v) is 1.28. The smallest absolute Gasteiger partial charge is 0.237 e. The van der Waals surface area contributed by atoms with Gasteiger partial charge in [-0.2, -0.15) is 0 Å². The van der Waals surface area contributed by atoms with E-state index in [1.54, 1.807) is 0 Å². The van der Waals surface area contributed by atoms with E-state index in [1.807, 2.05) is 0 Å². The highest BCUT2D eigenvalue weighted by atomic mass is 19.3. The molecule has 1 aliphatic carbocycles. The number of alkyl halides is 3. The van der Waals surface area contributed by atoms with Gasteiger partial charge in [0.1, 0.15) is 0 Å². The predicted molar refractivity (Wildman–Crippen MR) is 32.9 cm³/mol. The zero-order chi connectivity index (χ0) is 8.21. The van der Waals surface area contributed by atoms with Crippen molar-refractivity contribution in [1.29, 1.82) is 0 Å². The number of hydrogen-bond donors (Lipinski definition) is 0. The molecule has 0 saturated heterocycles. The summed E-state index contributed by atoms with van der Waals surface area (Å²) in [4.78, 5) is 0. The van der Waals surface area contributed by atoms with Crippen LogP contribution in [-0.2, 0) is 0 Å². The molecule has 0 aromatic heterocycles. The van der Waals surface area contributed by atoms with Gasteiger partial charge in [0.15, 0.2) is 5.67 Å². The van der Waals surface area contributed by atoms with Crippen LogP contribution in [-0.4, -0.2) is 11.6 Å². The molecular formula is C7H11F3. The minimum atomic E-state index is -3.11. The molecule has 0 heterocycles. The van der Waals surface area contributed by atoms with Crippen LogP contribution in [0, 0.1) is 5.41 Å². The highest BCUT2D eigenvalue weighted by Crippen LogP contribution is 2.61. The Morgan fingerprint density at radius 3 is 1.40 bits per heavy atom. The Morgan fingerprint density at radius 2 is 1.40 bits per heavy atom. The van der Waals surface area contributed by atoms with Gasteiger partial charge in [0.25, 0.3) is 5.92 Å². The molecular weight excluding hydrogens is 141 g/mol. The first kappa shape index (κ1) is 7.89. The molecule has 1 atom stereocenters. The summed E-state index contributed by atoms with van der Waals surface area (Å²) >= 11 is 0. The van der Waals surface area contributed by atoms with E-state index in [2.05, 4.69) is 0 Å². The van der Waals surface area contributed by atoms with Crippen molar-refractivity contribution >= 4 is 0 Å². The van der Waals surface area contributed by atoms with Crippen LogP contribution in [0.5, 0.6) is 0 Å². The van der Waals surface area contributed by atoms with Crippen molar-refractivity contribution in [3.05, 3.63) is 0 Å². The minimum Gasteiger partial charge on any atom is -0.237 e. The van der Waals surface area contributed by atoms with Gasteiger partial charge >= 0.3 is 0 Å². The average molecular weight is 152 g/mol. The maximum Gasteiger partial charge on any atom is 0.282 e. The SMILES string of the molecule is CC1(C)CC(F)(F)C1(C)F. The van der Waals surface area contributed by atoms with E-state index >= 15 is 0 Å². The summed E-state index contributed by atoms with van der Waals surface area (Å²) in [5.41, 5.74) is -3.18. The molecule has 0 aromatic rings. The van der Waals surface area contributed by atoms with Gasteiger partial charge in [0.05, 0.1) is 0 Å². The number of hydrogen-bond acceptors (Lipinski definition) is 0. The molecule has 0 radical (unpaired) electrons. The van der Waals surface area contributed by atoms with E-state index in [-0.39, 0.29) is 6.42 Å². The second-order valence-electron chi connectivity index (χ2n) is 3.77. The highest BCUT2D eigenvalue weighted by molar-refractivity contribution is 5.12. The molecule has 60 valence electrons. The van der Waals surface area contributed by atoms with E-state index < -0.39 is 17.0 Å². The monoisotopic (exact) mass is 152 g/mol. The Balaban J connectivity index is 2.85.